The number of anilines is 1. The third kappa shape index (κ3) is 5.10. The van der Waals surface area contributed by atoms with Crippen LogP contribution in [0.5, 0.6) is 0 Å². The second-order valence-electron chi connectivity index (χ2n) is 8.19. The fourth-order valence-corrected chi connectivity index (χ4v) is 6.04. The van der Waals surface area contributed by atoms with Gasteiger partial charge in [0.2, 0.25) is 10.0 Å². The van der Waals surface area contributed by atoms with E-state index in [4.69, 9.17) is 0 Å². The van der Waals surface area contributed by atoms with Crippen molar-refractivity contribution >= 4 is 33.0 Å². The lowest BCUT2D eigenvalue weighted by Gasteiger charge is -2.26. The van der Waals surface area contributed by atoms with Crippen LogP contribution in [-0.2, 0) is 29.4 Å². The average Bonchev–Trinajstić information content (AvgIpc) is 3.26. The van der Waals surface area contributed by atoms with E-state index in [0.29, 0.717) is 24.3 Å². The first-order valence-electron chi connectivity index (χ1n) is 10.5. The number of amides is 1. The summed E-state index contributed by atoms with van der Waals surface area (Å²) in [6.45, 7) is 1.78. The normalized spacial score (nSPS) is 14.3. The third-order valence-electron chi connectivity index (χ3n) is 5.57. The number of nitrogens with one attached hydrogen (secondary N) is 1. The number of rotatable bonds is 7. The summed E-state index contributed by atoms with van der Waals surface area (Å²) in [7, 11) is 0.394. The molecule has 0 fully saturated rings. The highest BCUT2D eigenvalue weighted by Gasteiger charge is 2.29. The molecule has 0 saturated carbocycles. The summed E-state index contributed by atoms with van der Waals surface area (Å²) < 4.78 is 27.9. The number of thiophene rings is 1. The molecule has 6 nitrogen and oxygen atoms in total. The Kier molecular flexibility index (Phi) is 6.76. The Morgan fingerprint density at radius 2 is 1.91 bits per heavy atom. The van der Waals surface area contributed by atoms with Crippen LogP contribution < -0.4 is 5.32 Å². The summed E-state index contributed by atoms with van der Waals surface area (Å²) in [6, 6.07) is 16.0. The number of benzene rings is 2. The summed E-state index contributed by atoms with van der Waals surface area (Å²) in [4.78, 5) is 16.3. The maximum absolute atomic E-state index is 13.2. The number of nitrogens with zero attached hydrogens (tertiary/aromatic N) is 2. The Morgan fingerprint density at radius 1 is 1.12 bits per heavy atom. The Morgan fingerprint density at radius 3 is 2.66 bits per heavy atom. The zero-order valence-electron chi connectivity index (χ0n) is 18.2. The number of hydrogen-bond donors (Lipinski definition) is 1. The maximum Gasteiger partial charge on any atom is 0.255 e. The zero-order valence-corrected chi connectivity index (χ0v) is 19.9. The molecule has 2 heterocycles. The smallest absolute Gasteiger partial charge is 0.255 e. The van der Waals surface area contributed by atoms with E-state index in [-0.39, 0.29) is 10.8 Å². The third-order valence-corrected chi connectivity index (χ3v) is 8.43. The highest BCUT2D eigenvalue weighted by molar-refractivity contribution is 7.89. The molecule has 1 aliphatic heterocycles. The van der Waals surface area contributed by atoms with Crippen molar-refractivity contribution in [2.24, 2.45) is 0 Å². The predicted molar refractivity (Wildman–Crippen MR) is 129 cm³/mol. The second-order valence-corrected chi connectivity index (χ2v) is 11.1. The van der Waals surface area contributed by atoms with Crippen molar-refractivity contribution in [1.82, 2.24) is 9.21 Å². The molecule has 0 bridgehead atoms. The van der Waals surface area contributed by atoms with Crippen molar-refractivity contribution in [2.45, 2.75) is 24.3 Å². The maximum atomic E-state index is 13.2. The molecule has 0 spiro atoms. The number of fused-ring (bicyclic) bond motifs is 1. The molecule has 32 heavy (non-hydrogen) atoms. The van der Waals surface area contributed by atoms with Gasteiger partial charge in [0.15, 0.2) is 0 Å². The minimum Gasteiger partial charge on any atom is -0.322 e. The monoisotopic (exact) mass is 469 g/mol. The fraction of sp³-hybridized carbons (Fsp3) is 0.292. The van der Waals surface area contributed by atoms with Crippen LogP contribution in [0.15, 0.2) is 64.9 Å². The molecule has 1 aliphatic rings. The summed E-state index contributed by atoms with van der Waals surface area (Å²) in [5, 5.41) is 4.86. The zero-order chi connectivity index (χ0) is 22.7. The lowest BCUT2D eigenvalue weighted by molar-refractivity contribution is 0.102. The number of sulfonamides is 1. The Hall–Kier alpha value is -2.52. The van der Waals surface area contributed by atoms with E-state index in [0.717, 1.165) is 24.9 Å². The molecule has 168 valence electrons. The Labute approximate surface area is 193 Å². The molecule has 8 heteroatoms. The Balaban J connectivity index is 1.46. The van der Waals surface area contributed by atoms with Gasteiger partial charge in [-0.05, 0) is 79.8 Å². The van der Waals surface area contributed by atoms with Crippen LogP contribution in [0.25, 0.3) is 0 Å². The van der Waals surface area contributed by atoms with Gasteiger partial charge < -0.3 is 10.2 Å². The first kappa shape index (κ1) is 22.7. The van der Waals surface area contributed by atoms with Crippen LogP contribution in [0, 0.1) is 0 Å². The van der Waals surface area contributed by atoms with E-state index in [1.54, 1.807) is 29.5 Å². The molecular weight excluding hydrogens is 442 g/mol. The summed E-state index contributed by atoms with van der Waals surface area (Å²) in [5.74, 6) is -0.332. The fourth-order valence-electron chi connectivity index (χ4n) is 3.69. The van der Waals surface area contributed by atoms with Crippen molar-refractivity contribution < 1.29 is 13.2 Å². The molecule has 0 saturated heterocycles. The van der Waals surface area contributed by atoms with E-state index >= 15 is 0 Å². The van der Waals surface area contributed by atoms with Gasteiger partial charge in [0.1, 0.15) is 0 Å². The minimum atomic E-state index is -3.68. The van der Waals surface area contributed by atoms with Crippen molar-refractivity contribution in [3.63, 3.8) is 0 Å². The summed E-state index contributed by atoms with van der Waals surface area (Å²) >= 11 is 1.67. The number of hydrogen-bond acceptors (Lipinski definition) is 5. The van der Waals surface area contributed by atoms with E-state index in [2.05, 4.69) is 10.2 Å². The SMILES string of the molecule is CN(C)CCc1ccc(NC(=O)c2cccc(S(=O)(=O)N3CCc4sccc4C3)c2)cc1. The Bertz CT molecular complexity index is 1200. The van der Waals surface area contributed by atoms with E-state index in [9.17, 15) is 13.2 Å². The topological polar surface area (TPSA) is 69.7 Å². The number of carbonyl (C=O) groups excluding carboxylic acids is 1. The first-order chi connectivity index (χ1) is 15.3. The molecule has 4 rings (SSSR count). The summed E-state index contributed by atoms with van der Waals surface area (Å²) in [6.07, 6.45) is 1.65. The molecule has 1 aromatic heterocycles. The molecule has 1 amide bonds. The minimum absolute atomic E-state index is 0.142. The van der Waals surface area contributed by atoms with Crippen LogP contribution in [0.3, 0.4) is 0 Å². The van der Waals surface area contributed by atoms with Gasteiger partial charge >= 0.3 is 0 Å². The molecule has 2 aromatic carbocycles. The van der Waals surface area contributed by atoms with E-state index in [1.165, 1.54) is 20.8 Å². The van der Waals surface area contributed by atoms with Crippen LogP contribution in [0.1, 0.15) is 26.4 Å². The highest BCUT2D eigenvalue weighted by Crippen LogP contribution is 2.28. The molecule has 0 atom stereocenters. The quantitative estimate of drug-likeness (QED) is 0.571. The average molecular weight is 470 g/mol. The van der Waals surface area contributed by atoms with Crippen molar-refractivity contribution in [3.8, 4) is 0 Å². The van der Waals surface area contributed by atoms with Crippen LogP contribution in [0.2, 0.25) is 0 Å². The van der Waals surface area contributed by atoms with Gasteiger partial charge in [-0.1, -0.05) is 18.2 Å². The van der Waals surface area contributed by atoms with Crippen molar-refractivity contribution in [2.75, 3.05) is 32.5 Å². The number of carbonyl (C=O) groups is 1. The highest BCUT2D eigenvalue weighted by atomic mass is 32.2. The summed E-state index contributed by atoms with van der Waals surface area (Å²) in [5.41, 5.74) is 3.25. The number of likely N-dealkylation sites (N-methyl/N-ethyl adjacent to an activating group) is 1. The lowest BCUT2D eigenvalue weighted by atomic mass is 10.1. The molecule has 1 N–H and O–H groups in total. The van der Waals surface area contributed by atoms with Crippen LogP contribution >= 0.6 is 11.3 Å². The van der Waals surface area contributed by atoms with Crippen LogP contribution in [-0.4, -0.2) is 50.7 Å². The molecule has 0 radical (unpaired) electrons. The molecular formula is C24H27N3O3S2. The van der Waals surface area contributed by atoms with Crippen LogP contribution in [0.4, 0.5) is 5.69 Å². The molecule has 3 aromatic rings. The predicted octanol–water partition coefficient (Wildman–Crippen LogP) is 3.85. The van der Waals surface area contributed by atoms with Gasteiger partial charge in [0, 0.05) is 35.8 Å². The van der Waals surface area contributed by atoms with Gasteiger partial charge in [-0.3, -0.25) is 4.79 Å². The standard InChI is InChI=1S/C24H27N3O3S2/c1-26(2)13-10-18-6-8-21(9-7-18)25-24(28)19-4-3-5-22(16-19)32(29,30)27-14-11-23-20(17-27)12-15-31-23/h3-9,12,15-16H,10-11,13-14,17H2,1-2H3,(H,25,28). The largest absolute Gasteiger partial charge is 0.322 e. The van der Waals surface area contributed by atoms with Gasteiger partial charge in [-0.2, -0.15) is 4.31 Å². The van der Waals surface area contributed by atoms with Gasteiger partial charge in [0.25, 0.3) is 5.91 Å². The lowest BCUT2D eigenvalue weighted by Crippen LogP contribution is -2.35. The second kappa shape index (κ2) is 9.54. The van der Waals surface area contributed by atoms with Gasteiger partial charge in [-0.15, -0.1) is 11.3 Å². The first-order valence-corrected chi connectivity index (χ1v) is 12.9. The van der Waals surface area contributed by atoms with E-state index in [1.807, 2.05) is 49.8 Å². The van der Waals surface area contributed by atoms with Crippen molar-refractivity contribution in [1.29, 1.82) is 0 Å². The molecule has 0 aliphatic carbocycles. The van der Waals surface area contributed by atoms with E-state index < -0.39 is 10.0 Å². The van der Waals surface area contributed by atoms with Crippen molar-refractivity contribution in [3.05, 3.63) is 81.5 Å². The van der Waals surface area contributed by atoms with Gasteiger partial charge in [-0.25, -0.2) is 8.42 Å². The molecule has 0 unspecified atom stereocenters. The van der Waals surface area contributed by atoms with Gasteiger partial charge in [0.05, 0.1) is 4.90 Å².